The van der Waals surface area contributed by atoms with Crippen LogP contribution in [0.25, 0.3) is 0 Å². The molecule has 1 heterocycles. The van der Waals surface area contributed by atoms with Crippen LogP contribution in [-0.2, 0) is 0 Å². The van der Waals surface area contributed by atoms with E-state index in [0.717, 1.165) is 34.1 Å². The van der Waals surface area contributed by atoms with Gasteiger partial charge in [-0.2, -0.15) is 0 Å². The first kappa shape index (κ1) is 22.2. The summed E-state index contributed by atoms with van der Waals surface area (Å²) in [5.74, 6) is 2.83. The molecule has 0 aliphatic carbocycles. The van der Waals surface area contributed by atoms with Crippen LogP contribution in [0.5, 0.6) is 23.0 Å². The summed E-state index contributed by atoms with van der Waals surface area (Å²) in [6.45, 7) is 6.03. The second kappa shape index (κ2) is 8.74. The van der Waals surface area contributed by atoms with Crippen molar-refractivity contribution in [3.8, 4) is 23.0 Å². The van der Waals surface area contributed by atoms with E-state index in [1.807, 2.05) is 43.3 Å². The first-order valence-corrected chi connectivity index (χ1v) is 10.2. The number of hydrogen-bond donors (Lipinski definition) is 2. The maximum atomic E-state index is 11.6. The Labute approximate surface area is 179 Å². The maximum absolute atomic E-state index is 11.6. The van der Waals surface area contributed by atoms with Gasteiger partial charge in [-0.1, -0.05) is 13.8 Å². The van der Waals surface area contributed by atoms with Crippen LogP contribution in [0.1, 0.15) is 44.0 Å². The average Bonchev–Trinajstić information content (AvgIpc) is 2.77. The quantitative estimate of drug-likeness (QED) is 0.739. The van der Waals surface area contributed by atoms with Crippen molar-refractivity contribution in [2.75, 3.05) is 28.4 Å². The highest BCUT2D eigenvalue weighted by Crippen LogP contribution is 2.50. The van der Waals surface area contributed by atoms with E-state index in [0.29, 0.717) is 0 Å². The van der Waals surface area contributed by atoms with Crippen molar-refractivity contribution in [3.63, 3.8) is 0 Å². The molecule has 1 saturated heterocycles. The van der Waals surface area contributed by atoms with E-state index >= 15 is 0 Å². The number of ether oxygens (including phenoxy) is 4. The van der Waals surface area contributed by atoms with Gasteiger partial charge in [-0.05, 0) is 43.3 Å². The molecule has 3 rings (SSSR count). The van der Waals surface area contributed by atoms with E-state index in [4.69, 9.17) is 18.9 Å². The second-order valence-electron chi connectivity index (χ2n) is 8.14. The van der Waals surface area contributed by atoms with Gasteiger partial charge >= 0.3 is 0 Å². The number of piperidine rings is 1. The Morgan fingerprint density at radius 3 is 1.47 bits per heavy atom. The predicted molar refractivity (Wildman–Crippen MR) is 117 cm³/mol. The van der Waals surface area contributed by atoms with Crippen molar-refractivity contribution < 1.29 is 24.1 Å². The van der Waals surface area contributed by atoms with Gasteiger partial charge in [0.25, 0.3) is 0 Å². The molecule has 0 bridgehead atoms. The first-order valence-electron chi connectivity index (χ1n) is 10.2. The van der Waals surface area contributed by atoms with Crippen LogP contribution in [0.2, 0.25) is 0 Å². The molecule has 1 aliphatic rings. The third-order valence-electron chi connectivity index (χ3n) is 6.75. The zero-order valence-corrected chi connectivity index (χ0v) is 18.9. The van der Waals surface area contributed by atoms with Gasteiger partial charge in [0.15, 0.2) is 0 Å². The predicted octanol–water partition coefficient (Wildman–Crippen LogP) is 4.13. The van der Waals surface area contributed by atoms with E-state index in [9.17, 15) is 5.11 Å². The molecule has 2 aromatic rings. The molecule has 2 N–H and O–H groups in total. The van der Waals surface area contributed by atoms with Gasteiger partial charge < -0.3 is 29.4 Å². The Morgan fingerprint density at radius 1 is 0.733 bits per heavy atom. The number of aliphatic hydroxyl groups is 1. The summed E-state index contributed by atoms with van der Waals surface area (Å²) in [7, 11) is 6.60. The molecule has 0 saturated carbocycles. The van der Waals surface area contributed by atoms with E-state index in [1.54, 1.807) is 28.4 Å². The standard InChI is InChI=1S/C24H33NO5/c1-14-22(18-12-16(27-4)8-10-20(18)29-6)25-23(15(2)24(14,3)26)19-13-17(28-5)9-11-21(19)30-7/h8-15,22-23,25-26H,1-7H3. The van der Waals surface area contributed by atoms with Gasteiger partial charge in [-0.3, -0.25) is 0 Å². The highest BCUT2D eigenvalue weighted by atomic mass is 16.5. The van der Waals surface area contributed by atoms with Crippen LogP contribution >= 0.6 is 0 Å². The van der Waals surface area contributed by atoms with Crippen LogP contribution in [0.3, 0.4) is 0 Å². The third kappa shape index (κ3) is 3.82. The molecule has 0 radical (unpaired) electrons. The lowest BCUT2D eigenvalue weighted by molar-refractivity contribution is -0.0964. The van der Waals surface area contributed by atoms with Crippen molar-refractivity contribution >= 4 is 0 Å². The molecule has 0 aromatic heterocycles. The van der Waals surface area contributed by atoms with Gasteiger partial charge in [-0.25, -0.2) is 0 Å². The van der Waals surface area contributed by atoms with Crippen molar-refractivity contribution in [1.29, 1.82) is 0 Å². The molecule has 6 heteroatoms. The molecular weight excluding hydrogens is 382 g/mol. The van der Waals surface area contributed by atoms with Gasteiger partial charge in [-0.15, -0.1) is 0 Å². The molecule has 0 spiro atoms. The van der Waals surface area contributed by atoms with Gasteiger partial charge in [0.2, 0.25) is 0 Å². The summed E-state index contributed by atoms with van der Waals surface area (Å²) in [5.41, 5.74) is 0.953. The van der Waals surface area contributed by atoms with Crippen molar-refractivity contribution in [3.05, 3.63) is 47.5 Å². The van der Waals surface area contributed by atoms with E-state index in [-0.39, 0.29) is 23.9 Å². The minimum atomic E-state index is -0.942. The molecule has 4 unspecified atom stereocenters. The molecule has 1 fully saturated rings. The summed E-state index contributed by atoms with van der Waals surface area (Å²) >= 11 is 0. The van der Waals surface area contributed by atoms with Crippen LogP contribution < -0.4 is 24.3 Å². The van der Waals surface area contributed by atoms with Crippen molar-refractivity contribution in [2.45, 2.75) is 38.5 Å². The minimum absolute atomic E-state index is 0.0821. The highest BCUT2D eigenvalue weighted by Gasteiger charge is 2.49. The molecule has 6 nitrogen and oxygen atoms in total. The lowest BCUT2D eigenvalue weighted by Gasteiger charge is -2.50. The van der Waals surface area contributed by atoms with Gasteiger partial charge in [0.05, 0.1) is 34.0 Å². The summed E-state index contributed by atoms with van der Waals surface area (Å²) < 4.78 is 22.2. The second-order valence-corrected chi connectivity index (χ2v) is 8.14. The Hall–Kier alpha value is -2.44. The fourth-order valence-electron chi connectivity index (χ4n) is 4.45. The Kier molecular flexibility index (Phi) is 6.48. The number of hydrogen-bond acceptors (Lipinski definition) is 6. The summed E-state index contributed by atoms with van der Waals surface area (Å²) in [4.78, 5) is 0. The van der Waals surface area contributed by atoms with Gasteiger partial charge in [0.1, 0.15) is 23.0 Å². The maximum Gasteiger partial charge on any atom is 0.123 e. The Balaban J connectivity index is 2.13. The molecule has 30 heavy (non-hydrogen) atoms. The smallest absolute Gasteiger partial charge is 0.123 e. The molecule has 4 atom stereocenters. The topological polar surface area (TPSA) is 69.2 Å². The SMILES string of the molecule is COc1ccc(OC)c(C2NC(c3cc(OC)ccc3OC)C(C)C(C)(O)C2C)c1. The van der Waals surface area contributed by atoms with E-state index in [2.05, 4.69) is 19.2 Å². The summed E-state index contributed by atoms with van der Waals surface area (Å²) in [6.07, 6.45) is 0. The number of nitrogens with one attached hydrogen (secondary N) is 1. The fraction of sp³-hybridized carbons (Fsp3) is 0.500. The van der Waals surface area contributed by atoms with Crippen molar-refractivity contribution in [2.24, 2.45) is 11.8 Å². The Bertz CT molecular complexity index is 812. The van der Waals surface area contributed by atoms with Crippen LogP contribution in [-0.4, -0.2) is 39.1 Å². The molecule has 164 valence electrons. The average molecular weight is 416 g/mol. The molecule has 2 aromatic carbocycles. The number of rotatable bonds is 6. The monoisotopic (exact) mass is 415 g/mol. The fourth-order valence-corrected chi connectivity index (χ4v) is 4.45. The number of benzene rings is 2. The largest absolute Gasteiger partial charge is 0.497 e. The normalized spacial score (nSPS) is 28.7. The number of methoxy groups -OCH3 is 4. The molecule has 1 aliphatic heterocycles. The molecular formula is C24H33NO5. The van der Waals surface area contributed by atoms with Gasteiger partial charge in [0, 0.05) is 35.0 Å². The molecule has 0 amide bonds. The highest BCUT2D eigenvalue weighted by molar-refractivity contribution is 5.46. The van der Waals surface area contributed by atoms with Crippen LogP contribution in [0, 0.1) is 11.8 Å². The summed E-state index contributed by atoms with van der Waals surface area (Å²) in [5, 5.41) is 15.3. The minimum Gasteiger partial charge on any atom is -0.497 e. The van der Waals surface area contributed by atoms with Crippen LogP contribution in [0.15, 0.2) is 36.4 Å². The lowest BCUT2D eigenvalue weighted by Crippen LogP contribution is -2.56. The van der Waals surface area contributed by atoms with E-state index < -0.39 is 5.60 Å². The Morgan fingerprint density at radius 2 is 1.13 bits per heavy atom. The lowest BCUT2D eigenvalue weighted by atomic mass is 9.67. The summed E-state index contributed by atoms with van der Waals surface area (Å²) in [6, 6.07) is 11.2. The third-order valence-corrected chi connectivity index (χ3v) is 6.75. The van der Waals surface area contributed by atoms with Crippen molar-refractivity contribution in [1.82, 2.24) is 5.32 Å². The zero-order valence-electron chi connectivity index (χ0n) is 18.9. The van der Waals surface area contributed by atoms with E-state index in [1.165, 1.54) is 0 Å². The first-order chi connectivity index (χ1) is 14.3. The van der Waals surface area contributed by atoms with Crippen LogP contribution in [0.4, 0.5) is 0 Å². The zero-order chi connectivity index (χ0) is 22.1.